The Morgan fingerprint density at radius 3 is 1.44 bits per heavy atom. The van der Waals surface area contributed by atoms with Crippen LogP contribution in [0.15, 0.2) is 60.7 Å². The third kappa shape index (κ3) is 7.32. The molecule has 0 heterocycles. The van der Waals surface area contributed by atoms with Crippen molar-refractivity contribution in [2.24, 2.45) is 11.5 Å². The Labute approximate surface area is 164 Å². The van der Waals surface area contributed by atoms with E-state index < -0.39 is 43.2 Å². The van der Waals surface area contributed by atoms with E-state index in [1.807, 2.05) is 60.7 Å². The quantitative estimate of drug-likeness (QED) is 0.564. The molecule has 6 nitrogen and oxygen atoms in total. The zero-order valence-electron chi connectivity index (χ0n) is 15.6. The first-order valence-electron chi connectivity index (χ1n) is 8.81. The maximum atomic E-state index is 12.3. The van der Waals surface area contributed by atoms with Crippen LogP contribution >= 0.6 is 0 Å². The Bertz CT molecular complexity index is 690. The molecule has 4 N–H and O–H groups in total. The first-order valence-corrected chi connectivity index (χ1v) is 16.9. The molecule has 0 amide bonds. The third-order valence-corrected chi connectivity index (χ3v) is 7.85. The van der Waals surface area contributed by atoms with Gasteiger partial charge in [0.1, 0.15) is 0 Å². The molecule has 144 valence electrons. The molecule has 7 heteroatoms. The van der Waals surface area contributed by atoms with Gasteiger partial charge in [-0.15, -0.1) is 0 Å². The summed E-state index contributed by atoms with van der Waals surface area (Å²) >= 11 is -3.86. The molecule has 0 saturated carbocycles. The van der Waals surface area contributed by atoms with Crippen molar-refractivity contribution < 1.29 is 15.7 Å². The standard InChI is InChI=1S/2C9H11NO2.2CH3.Sn/c2*10-8(9(11)12)6-7-4-2-1-3-5-7;;;/h2*1-5,8H,6,10H2,(H,11,12);2*1H3;/q;;;;+2/p-2/t2*8-;;;/m00.../s1. The summed E-state index contributed by atoms with van der Waals surface area (Å²) < 4.78 is 11.0. The van der Waals surface area contributed by atoms with E-state index in [4.69, 9.17) is 17.6 Å². The first kappa shape index (κ1) is 21.4. The second-order valence-corrected chi connectivity index (χ2v) is 16.0. The van der Waals surface area contributed by atoms with Crippen LogP contribution in [0.2, 0.25) is 9.88 Å². The molecule has 0 unspecified atom stereocenters. The Kier molecular flexibility index (Phi) is 7.82. The Morgan fingerprint density at radius 2 is 1.11 bits per heavy atom. The summed E-state index contributed by atoms with van der Waals surface area (Å²) in [6, 6.07) is 17.3. The van der Waals surface area contributed by atoms with Crippen LogP contribution in [0.3, 0.4) is 0 Å². The van der Waals surface area contributed by atoms with Gasteiger partial charge in [0, 0.05) is 0 Å². The fourth-order valence-corrected chi connectivity index (χ4v) is 6.31. The molecule has 0 aromatic heterocycles. The van der Waals surface area contributed by atoms with E-state index in [-0.39, 0.29) is 0 Å². The minimum atomic E-state index is -3.86. The normalized spacial score (nSPS) is 13.5. The second-order valence-electron chi connectivity index (χ2n) is 6.83. The van der Waals surface area contributed by atoms with E-state index in [1.165, 1.54) is 0 Å². The molecule has 0 fully saturated rings. The van der Waals surface area contributed by atoms with Crippen molar-refractivity contribution in [2.75, 3.05) is 0 Å². The molecule has 2 atom stereocenters. The van der Waals surface area contributed by atoms with Gasteiger partial charge in [-0.3, -0.25) is 0 Å². The Morgan fingerprint density at radius 1 is 0.778 bits per heavy atom. The summed E-state index contributed by atoms with van der Waals surface area (Å²) in [7, 11) is 0. The summed E-state index contributed by atoms with van der Waals surface area (Å²) in [5, 5.41) is 0. The van der Waals surface area contributed by atoms with Crippen LogP contribution in [0.5, 0.6) is 0 Å². The molecule has 0 spiro atoms. The average Bonchev–Trinajstić information content (AvgIpc) is 2.62. The number of hydrogen-bond acceptors (Lipinski definition) is 6. The first-order chi connectivity index (χ1) is 12.8. The van der Waals surface area contributed by atoms with Gasteiger partial charge in [0.2, 0.25) is 0 Å². The van der Waals surface area contributed by atoms with Crippen LogP contribution in [0, 0.1) is 0 Å². The van der Waals surface area contributed by atoms with E-state index in [9.17, 15) is 9.59 Å². The zero-order chi connectivity index (χ0) is 19.9. The van der Waals surface area contributed by atoms with Crippen LogP contribution < -0.4 is 11.5 Å². The second kappa shape index (κ2) is 9.87. The van der Waals surface area contributed by atoms with Crippen molar-refractivity contribution in [1.82, 2.24) is 0 Å². The van der Waals surface area contributed by atoms with E-state index in [0.717, 1.165) is 11.1 Å². The van der Waals surface area contributed by atoms with Gasteiger partial charge in [-0.05, 0) is 0 Å². The predicted octanol–water partition coefficient (Wildman–Crippen LogP) is 1.91. The molecule has 0 bridgehead atoms. The van der Waals surface area contributed by atoms with Crippen molar-refractivity contribution in [3.63, 3.8) is 0 Å². The number of rotatable bonds is 8. The van der Waals surface area contributed by atoms with Crippen molar-refractivity contribution in [1.29, 1.82) is 0 Å². The number of benzene rings is 2. The van der Waals surface area contributed by atoms with Gasteiger partial charge in [-0.2, -0.15) is 0 Å². The van der Waals surface area contributed by atoms with Gasteiger partial charge in [0.05, 0.1) is 0 Å². The molecule has 0 aliphatic heterocycles. The van der Waals surface area contributed by atoms with Gasteiger partial charge < -0.3 is 0 Å². The van der Waals surface area contributed by atoms with Gasteiger partial charge in [0.25, 0.3) is 0 Å². The van der Waals surface area contributed by atoms with E-state index in [2.05, 4.69) is 0 Å². The van der Waals surface area contributed by atoms with Crippen LogP contribution in [-0.2, 0) is 28.6 Å². The SMILES string of the molecule is [CH3][Sn]([CH3])([O]C(=O)[C@@H](N)Cc1ccccc1)[O]C(=O)[C@@H](N)Cc1ccccc1. The summed E-state index contributed by atoms with van der Waals surface area (Å²) in [6.45, 7) is 0. The maximum absolute atomic E-state index is 12.3. The topological polar surface area (TPSA) is 105 Å². The molecule has 2 aromatic carbocycles. The summed E-state index contributed by atoms with van der Waals surface area (Å²) in [5.41, 5.74) is 13.8. The summed E-state index contributed by atoms with van der Waals surface area (Å²) in [6.07, 6.45) is 0.728. The van der Waals surface area contributed by atoms with Crippen LogP contribution in [0.4, 0.5) is 0 Å². The van der Waals surface area contributed by atoms with Gasteiger partial charge in [-0.1, -0.05) is 0 Å². The van der Waals surface area contributed by atoms with Crippen molar-refractivity contribution in [2.45, 2.75) is 34.8 Å². The van der Waals surface area contributed by atoms with Crippen LogP contribution in [-0.4, -0.2) is 43.2 Å². The Balaban J connectivity index is 1.87. The summed E-state index contributed by atoms with van der Waals surface area (Å²) in [4.78, 5) is 28.0. The van der Waals surface area contributed by atoms with Crippen molar-refractivity contribution >= 4 is 31.1 Å². The van der Waals surface area contributed by atoms with Crippen molar-refractivity contribution in [3.05, 3.63) is 71.8 Å². The van der Waals surface area contributed by atoms with Crippen LogP contribution in [0.1, 0.15) is 11.1 Å². The van der Waals surface area contributed by atoms with E-state index in [0.29, 0.717) is 12.8 Å². The monoisotopic (exact) mass is 478 g/mol. The molecule has 2 rings (SSSR count). The molecule has 0 radical (unpaired) electrons. The fraction of sp³-hybridized carbons (Fsp3) is 0.300. The number of carbonyl (C=O) groups is 2. The fourth-order valence-electron chi connectivity index (χ4n) is 2.56. The molecule has 27 heavy (non-hydrogen) atoms. The van der Waals surface area contributed by atoms with E-state index in [1.54, 1.807) is 9.88 Å². The molecular weight excluding hydrogens is 451 g/mol. The minimum absolute atomic E-state index is 0.364. The molecule has 0 aliphatic rings. The molecule has 2 aromatic rings. The zero-order valence-corrected chi connectivity index (χ0v) is 18.5. The number of hydrogen-bond donors (Lipinski definition) is 2. The van der Waals surface area contributed by atoms with Crippen molar-refractivity contribution in [3.8, 4) is 0 Å². The van der Waals surface area contributed by atoms with Gasteiger partial charge >= 0.3 is 165 Å². The summed E-state index contributed by atoms with van der Waals surface area (Å²) in [5.74, 6) is -1.10. The number of nitrogens with two attached hydrogens (primary N) is 2. The third-order valence-electron chi connectivity index (χ3n) is 3.90. The Hall–Kier alpha value is -1.90. The van der Waals surface area contributed by atoms with Gasteiger partial charge in [0.15, 0.2) is 0 Å². The molecule has 0 aliphatic carbocycles. The van der Waals surface area contributed by atoms with Gasteiger partial charge in [-0.25, -0.2) is 0 Å². The van der Waals surface area contributed by atoms with Crippen LogP contribution in [0.25, 0.3) is 0 Å². The predicted molar refractivity (Wildman–Crippen MR) is 106 cm³/mol. The molecular formula is C20H26N2O4Sn. The van der Waals surface area contributed by atoms with E-state index >= 15 is 0 Å². The number of carbonyl (C=O) groups excluding carboxylic acids is 2. The average molecular weight is 477 g/mol. The molecule has 0 saturated heterocycles.